The molecule has 0 aromatic heterocycles. The van der Waals surface area contributed by atoms with Gasteiger partial charge in [0.25, 0.3) is 0 Å². The summed E-state index contributed by atoms with van der Waals surface area (Å²) < 4.78 is 0.908. The van der Waals surface area contributed by atoms with Crippen molar-refractivity contribution >= 4 is 44.7 Å². The summed E-state index contributed by atoms with van der Waals surface area (Å²) in [5, 5.41) is 2.68. The van der Waals surface area contributed by atoms with E-state index in [-0.39, 0.29) is 17.3 Å². The highest BCUT2D eigenvalue weighted by Gasteiger charge is 2.03. The van der Waals surface area contributed by atoms with E-state index in [0.717, 1.165) is 10.2 Å². The van der Waals surface area contributed by atoms with Gasteiger partial charge in [0.2, 0.25) is 5.91 Å². The number of rotatable bonds is 3. The van der Waals surface area contributed by atoms with Gasteiger partial charge in [-0.25, -0.2) is 0 Å². The van der Waals surface area contributed by atoms with Crippen molar-refractivity contribution < 1.29 is 4.79 Å². The largest absolute Gasteiger partial charge is 0.393 e. The summed E-state index contributed by atoms with van der Waals surface area (Å²) in [6, 6.07) is 7.31. The van der Waals surface area contributed by atoms with Gasteiger partial charge in [-0.05, 0) is 18.2 Å². The molecule has 0 saturated carbocycles. The standard InChI is InChI=1S/C9H9BrN2OS/c10-6-2-1-3-7(4-6)12-9(13)5-8(11)14/h1-4H,5H2,(H2,11,14)(H,12,13). The molecule has 0 saturated heterocycles. The summed E-state index contributed by atoms with van der Waals surface area (Å²) in [7, 11) is 0. The number of hydrogen-bond acceptors (Lipinski definition) is 2. The highest BCUT2D eigenvalue weighted by molar-refractivity contribution is 9.10. The minimum Gasteiger partial charge on any atom is -0.393 e. The van der Waals surface area contributed by atoms with E-state index in [0.29, 0.717) is 0 Å². The van der Waals surface area contributed by atoms with Crippen LogP contribution in [0.4, 0.5) is 5.69 Å². The van der Waals surface area contributed by atoms with Crippen molar-refractivity contribution in [3.63, 3.8) is 0 Å². The van der Waals surface area contributed by atoms with Crippen molar-refractivity contribution in [1.82, 2.24) is 0 Å². The van der Waals surface area contributed by atoms with E-state index < -0.39 is 0 Å². The molecule has 0 atom stereocenters. The zero-order valence-electron chi connectivity index (χ0n) is 7.29. The van der Waals surface area contributed by atoms with E-state index in [1.165, 1.54) is 0 Å². The van der Waals surface area contributed by atoms with Crippen molar-refractivity contribution in [3.05, 3.63) is 28.7 Å². The number of carbonyl (C=O) groups is 1. The van der Waals surface area contributed by atoms with Gasteiger partial charge in [0.1, 0.15) is 0 Å². The lowest BCUT2D eigenvalue weighted by Gasteiger charge is -2.04. The molecule has 3 nitrogen and oxygen atoms in total. The maximum Gasteiger partial charge on any atom is 0.231 e. The van der Waals surface area contributed by atoms with Crippen LogP contribution < -0.4 is 11.1 Å². The molecular formula is C9H9BrN2OS. The van der Waals surface area contributed by atoms with Crippen molar-refractivity contribution in [3.8, 4) is 0 Å². The quantitative estimate of drug-likeness (QED) is 0.829. The van der Waals surface area contributed by atoms with Gasteiger partial charge < -0.3 is 11.1 Å². The van der Waals surface area contributed by atoms with E-state index in [2.05, 4.69) is 33.5 Å². The predicted molar refractivity (Wildman–Crippen MR) is 64.2 cm³/mol. The highest BCUT2D eigenvalue weighted by Crippen LogP contribution is 2.15. The van der Waals surface area contributed by atoms with Crippen molar-refractivity contribution in [2.45, 2.75) is 6.42 Å². The van der Waals surface area contributed by atoms with Crippen LogP contribution >= 0.6 is 28.1 Å². The Labute approximate surface area is 95.8 Å². The molecular weight excluding hydrogens is 264 g/mol. The maximum atomic E-state index is 11.2. The molecule has 3 N–H and O–H groups in total. The molecule has 1 rings (SSSR count). The van der Waals surface area contributed by atoms with Crippen molar-refractivity contribution in [2.75, 3.05) is 5.32 Å². The fraction of sp³-hybridized carbons (Fsp3) is 0.111. The van der Waals surface area contributed by atoms with Crippen LogP contribution in [-0.4, -0.2) is 10.9 Å². The molecule has 1 aromatic rings. The monoisotopic (exact) mass is 272 g/mol. The summed E-state index contributed by atoms with van der Waals surface area (Å²) in [5.74, 6) is -0.199. The fourth-order valence-corrected chi connectivity index (χ4v) is 1.46. The van der Waals surface area contributed by atoms with Crippen LogP contribution in [0.25, 0.3) is 0 Å². The predicted octanol–water partition coefficient (Wildman–Crippen LogP) is 2.06. The Hall–Kier alpha value is -0.940. The van der Waals surface area contributed by atoms with Gasteiger partial charge in [-0.15, -0.1) is 0 Å². The number of anilines is 1. The van der Waals surface area contributed by atoms with E-state index in [1.54, 1.807) is 12.1 Å². The minimum absolute atomic E-state index is 0.0713. The van der Waals surface area contributed by atoms with Crippen molar-refractivity contribution in [1.29, 1.82) is 0 Å². The topological polar surface area (TPSA) is 55.1 Å². The molecule has 14 heavy (non-hydrogen) atoms. The third-order valence-corrected chi connectivity index (χ3v) is 2.08. The molecule has 1 aromatic carbocycles. The molecule has 0 aliphatic heterocycles. The lowest BCUT2D eigenvalue weighted by Crippen LogP contribution is -2.20. The Balaban J connectivity index is 2.60. The average Bonchev–Trinajstić information content (AvgIpc) is 2.01. The van der Waals surface area contributed by atoms with Crippen LogP contribution in [0.15, 0.2) is 28.7 Å². The molecule has 0 radical (unpaired) electrons. The number of amides is 1. The lowest BCUT2D eigenvalue weighted by molar-refractivity contribution is -0.115. The van der Waals surface area contributed by atoms with Crippen LogP contribution in [0.3, 0.4) is 0 Å². The second kappa shape index (κ2) is 5.07. The third-order valence-electron chi connectivity index (χ3n) is 1.44. The van der Waals surface area contributed by atoms with Gasteiger partial charge in [-0.2, -0.15) is 0 Å². The van der Waals surface area contributed by atoms with Crippen molar-refractivity contribution in [2.24, 2.45) is 5.73 Å². The summed E-state index contributed by atoms with van der Waals surface area (Å²) in [5.41, 5.74) is 5.96. The summed E-state index contributed by atoms with van der Waals surface area (Å²) in [6.45, 7) is 0. The number of carbonyl (C=O) groups excluding carboxylic acids is 1. The normalized spacial score (nSPS) is 9.50. The minimum atomic E-state index is -0.199. The number of nitrogens with two attached hydrogens (primary N) is 1. The fourth-order valence-electron chi connectivity index (χ4n) is 0.930. The first-order valence-electron chi connectivity index (χ1n) is 3.91. The average molecular weight is 273 g/mol. The van der Waals surface area contributed by atoms with Gasteiger partial charge in [-0.3, -0.25) is 4.79 Å². The molecule has 0 unspecified atom stereocenters. The Morgan fingerprint density at radius 3 is 2.86 bits per heavy atom. The molecule has 0 aliphatic carbocycles. The molecule has 0 fully saturated rings. The Morgan fingerprint density at radius 2 is 2.29 bits per heavy atom. The van der Waals surface area contributed by atoms with Gasteiger partial charge >= 0.3 is 0 Å². The number of benzene rings is 1. The number of hydrogen-bond donors (Lipinski definition) is 2. The summed E-state index contributed by atoms with van der Waals surface area (Å²) >= 11 is 7.92. The van der Waals surface area contributed by atoms with E-state index >= 15 is 0 Å². The van der Waals surface area contributed by atoms with Gasteiger partial charge in [0.15, 0.2) is 0 Å². The first-order valence-corrected chi connectivity index (χ1v) is 5.12. The molecule has 74 valence electrons. The van der Waals surface area contributed by atoms with Crippen LogP contribution in [0.2, 0.25) is 0 Å². The second-order valence-corrected chi connectivity index (χ2v) is 4.14. The van der Waals surface area contributed by atoms with Gasteiger partial charge in [0, 0.05) is 10.2 Å². The third kappa shape index (κ3) is 3.85. The Morgan fingerprint density at radius 1 is 1.57 bits per heavy atom. The second-order valence-electron chi connectivity index (χ2n) is 2.70. The molecule has 0 spiro atoms. The van der Waals surface area contributed by atoms with Crippen LogP contribution in [0.5, 0.6) is 0 Å². The Bertz CT molecular complexity index is 368. The number of halogens is 1. The zero-order chi connectivity index (χ0) is 10.6. The smallest absolute Gasteiger partial charge is 0.231 e. The highest BCUT2D eigenvalue weighted by atomic mass is 79.9. The molecule has 5 heteroatoms. The molecule has 1 amide bonds. The molecule has 0 aliphatic rings. The van der Waals surface area contributed by atoms with Crippen LogP contribution in [0.1, 0.15) is 6.42 Å². The van der Waals surface area contributed by atoms with E-state index in [1.807, 2.05) is 12.1 Å². The van der Waals surface area contributed by atoms with E-state index in [4.69, 9.17) is 5.73 Å². The lowest BCUT2D eigenvalue weighted by atomic mass is 10.3. The molecule has 0 heterocycles. The van der Waals surface area contributed by atoms with Crippen LogP contribution in [-0.2, 0) is 4.79 Å². The SMILES string of the molecule is NC(=S)CC(=O)Nc1cccc(Br)c1. The first-order chi connectivity index (χ1) is 6.58. The Kier molecular flexibility index (Phi) is 4.03. The summed E-state index contributed by atoms with van der Waals surface area (Å²) in [6.07, 6.45) is 0.0713. The van der Waals surface area contributed by atoms with E-state index in [9.17, 15) is 4.79 Å². The van der Waals surface area contributed by atoms with Crippen LogP contribution in [0, 0.1) is 0 Å². The van der Waals surface area contributed by atoms with Gasteiger partial charge in [-0.1, -0.05) is 34.2 Å². The maximum absolute atomic E-state index is 11.2. The first kappa shape index (κ1) is 11.1. The number of nitrogens with one attached hydrogen (secondary N) is 1. The van der Waals surface area contributed by atoms with Gasteiger partial charge in [0.05, 0.1) is 11.4 Å². The summed E-state index contributed by atoms with van der Waals surface area (Å²) in [4.78, 5) is 11.4. The number of thiocarbonyl (C=S) groups is 1. The molecule has 0 bridgehead atoms. The zero-order valence-corrected chi connectivity index (χ0v) is 9.69.